The molecule has 4 heteroatoms. The molecule has 0 aromatic heterocycles. The van der Waals surface area contributed by atoms with Crippen molar-refractivity contribution >= 4 is 21.8 Å². The zero-order valence-corrected chi connectivity index (χ0v) is 11.1. The molecular weight excluding hydrogens is 270 g/mol. The summed E-state index contributed by atoms with van der Waals surface area (Å²) in [5.41, 5.74) is 1.64. The van der Waals surface area contributed by atoms with E-state index in [1.165, 1.54) is 0 Å². The highest BCUT2D eigenvalue weighted by molar-refractivity contribution is 9.09. The summed E-state index contributed by atoms with van der Waals surface area (Å²) in [5.74, 6) is 0.531. The number of carbonyl (C=O) groups is 1. The Morgan fingerprint density at radius 1 is 1.50 bits per heavy atom. The molecule has 1 rings (SSSR count). The SMILES string of the molecule is COc1ccc(C)cc1C(=O)NCCCBr. The lowest BCUT2D eigenvalue weighted by Crippen LogP contribution is -2.25. The molecule has 0 spiro atoms. The molecule has 0 radical (unpaired) electrons. The van der Waals surface area contributed by atoms with Crippen molar-refractivity contribution in [3.63, 3.8) is 0 Å². The molecule has 0 saturated carbocycles. The summed E-state index contributed by atoms with van der Waals surface area (Å²) in [6.07, 6.45) is 0.917. The molecule has 0 saturated heterocycles. The van der Waals surface area contributed by atoms with E-state index < -0.39 is 0 Å². The number of rotatable bonds is 5. The van der Waals surface area contributed by atoms with Crippen molar-refractivity contribution in [2.75, 3.05) is 19.0 Å². The predicted octanol–water partition coefficient (Wildman–Crippen LogP) is 2.52. The highest BCUT2D eigenvalue weighted by Crippen LogP contribution is 2.19. The standard InChI is InChI=1S/C12H16BrNO2/c1-9-4-5-11(16-2)10(8-9)12(15)14-7-3-6-13/h4-5,8H,3,6-7H2,1-2H3,(H,14,15). The van der Waals surface area contributed by atoms with Crippen LogP contribution in [-0.2, 0) is 0 Å². The van der Waals surface area contributed by atoms with Crippen molar-refractivity contribution in [1.82, 2.24) is 5.32 Å². The lowest BCUT2D eigenvalue weighted by atomic mass is 10.1. The van der Waals surface area contributed by atoms with Crippen LogP contribution in [0, 0.1) is 6.92 Å². The van der Waals surface area contributed by atoms with Gasteiger partial charge in [0.1, 0.15) is 5.75 Å². The van der Waals surface area contributed by atoms with Crippen LogP contribution in [0.3, 0.4) is 0 Å². The molecule has 1 aromatic carbocycles. The molecule has 0 aliphatic rings. The molecule has 0 bridgehead atoms. The third kappa shape index (κ3) is 3.52. The van der Waals surface area contributed by atoms with Gasteiger partial charge in [0, 0.05) is 11.9 Å². The summed E-state index contributed by atoms with van der Waals surface area (Å²) >= 11 is 3.32. The molecule has 16 heavy (non-hydrogen) atoms. The quantitative estimate of drug-likeness (QED) is 0.667. The van der Waals surface area contributed by atoms with E-state index in [1.807, 2.05) is 25.1 Å². The number of benzene rings is 1. The Morgan fingerprint density at radius 3 is 2.88 bits per heavy atom. The molecule has 1 amide bonds. The van der Waals surface area contributed by atoms with Crippen LogP contribution >= 0.6 is 15.9 Å². The number of nitrogens with one attached hydrogen (secondary N) is 1. The Kier molecular flexibility index (Phi) is 5.32. The van der Waals surface area contributed by atoms with Gasteiger partial charge in [-0.1, -0.05) is 27.6 Å². The number of aryl methyl sites for hydroxylation is 1. The molecule has 1 N–H and O–H groups in total. The Hall–Kier alpha value is -1.03. The summed E-state index contributed by atoms with van der Waals surface area (Å²) < 4.78 is 5.16. The maximum absolute atomic E-state index is 11.8. The van der Waals surface area contributed by atoms with Crippen molar-refractivity contribution in [2.24, 2.45) is 0 Å². The number of amides is 1. The minimum absolute atomic E-state index is 0.0819. The van der Waals surface area contributed by atoms with Crippen LogP contribution in [0.5, 0.6) is 5.75 Å². The maximum Gasteiger partial charge on any atom is 0.255 e. The van der Waals surface area contributed by atoms with E-state index in [0.717, 1.165) is 17.3 Å². The van der Waals surface area contributed by atoms with Crippen LogP contribution < -0.4 is 10.1 Å². The normalized spacial score (nSPS) is 9.94. The van der Waals surface area contributed by atoms with E-state index in [9.17, 15) is 4.79 Å². The summed E-state index contributed by atoms with van der Waals surface area (Å²) in [5, 5.41) is 3.74. The number of ether oxygens (including phenoxy) is 1. The Morgan fingerprint density at radius 2 is 2.25 bits per heavy atom. The highest BCUT2D eigenvalue weighted by Gasteiger charge is 2.11. The topological polar surface area (TPSA) is 38.3 Å². The summed E-state index contributed by atoms with van der Waals surface area (Å²) in [6, 6.07) is 5.57. The van der Waals surface area contributed by atoms with Crippen LogP contribution in [0.4, 0.5) is 0 Å². The first-order valence-corrected chi connectivity index (χ1v) is 6.30. The van der Waals surface area contributed by atoms with Crippen LogP contribution in [0.2, 0.25) is 0 Å². The van der Waals surface area contributed by atoms with Gasteiger partial charge in [-0.2, -0.15) is 0 Å². The van der Waals surface area contributed by atoms with Crippen LogP contribution in [-0.4, -0.2) is 24.9 Å². The van der Waals surface area contributed by atoms with Crippen molar-refractivity contribution in [3.05, 3.63) is 29.3 Å². The van der Waals surface area contributed by atoms with Crippen molar-refractivity contribution < 1.29 is 9.53 Å². The van der Waals surface area contributed by atoms with Gasteiger partial charge in [-0.25, -0.2) is 0 Å². The van der Waals surface area contributed by atoms with E-state index >= 15 is 0 Å². The van der Waals surface area contributed by atoms with Gasteiger partial charge in [0.2, 0.25) is 0 Å². The minimum Gasteiger partial charge on any atom is -0.496 e. The zero-order valence-electron chi connectivity index (χ0n) is 9.55. The third-order valence-electron chi connectivity index (χ3n) is 2.20. The van der Waals surface area contributed by atoms with Gasteiger partial charge in [-0.05, 0) is 25.5 Å². The van der Waals surface area contributed by atoms with Crippen molar-refractivity contribution in [2.45, 2.75) is 13.3 Å². The van der Waals surface area contributed by atoms with Crippen molar-refractivity contribution in [1.29, 1.82) is 0 Å². The van der Waals surface area contributed by atoms with Gasteiger partial charge in [0.05, 0.1) is 12.7 Å². The average molecular weight is 286 g/mol. The predicted molar refractivity (Wildman–Crippen MR) is 68.5 cm³/mol. The second-order valence-electron chi connectivity index (χ2n) is 3.50. The molecule has 1 aromatic rings. The van der Waals surface area contributed by atoms with E-state index in [-0.39, 0.29) is 5.91 Å². The van der Waals surface area contributed by atoms with E-state index in [0.29, 0.717) is 17.9 Å². The smallest absolute Gasteiger partial charge is 0.255 e. The molecule has 0 aliphatic carbocycles. The minimum atomic E-state index is -0.0819. The van der Waals surface area contributed by atoms with Gasteiger partial charge in [-0.15, -0.1) is 0 Å². The number of methoxy groups -OCH3 is 1. The number of hydrogen-bond donors (Lipinski definition) is 1. The van der Waals surface area contributed by atoms with Gasteiger partial charge >= 0.3 is 0 Å². The monoisotopic (exact) mass is 285 g/mol. The fourth-order valence-electron chi connectivity index (χ4n) is 1.36. The average Bonchev–Trinajstić information content (AvgIpc) is 2.29. The summed E-state index contributed by atoms with van der Waals surface area (Å²) in [4.78, 5) is 11.8. The van der Waals surface area contributed by atoms with Gasteiger partial charge in [0.15, 0.2) is 0 Å². The van der Waals surface area contributed by atoms with Crippen LogP contribution in [0.25, 0.3) is 0 Å². The van der Waals surface area contributed by atoms with E-state index in [2.05, 4.69) is 21.2 Å². The molecule has 0 heterocycles. The molecular formula is C12H16BrNO2. The molecule has 3 nitrogen and oxygen atoms in total. The zero-order chi connectivity index (χ0) is 12.0. The molecule has 0 atom stereocenters. The highest BCUT2D eigenvalue weighted by atomic mass is 79.9. The Bertz CT molecular complexity index is 366. The first-order valence-electron chi connectivity index (χ1n) is 5.18. The first-order chi connectivity index (χ1) is 7.69. The van der Waals surface area contributed by atoms with Crippen LogP contribution in [0.1, 0.15) is 22.3 Å². The second-order valence-corrected chi connectivity index (χ2v) is 4.30. The molecule has 0 unspecified atom stereocenters. The lowest BCUT2D eigenvalue weighted by molar-refractivity contribution is 0.0950. The van der Waals surface area contributed by atoms with E-state index in [1.54, 1.807) is 7.11 Å². The third-order valence-corrected chi connectivity index (χ3v) is 2.76. The summed E-state index contributed by atoms with van der Waals surface area (Å²) in [6.45, 7) is 2.62. The second kappa shape index (κ2) is 6.53. The lowest BCUT2D eigenvalue weighted by Gasteiger charge is -2.09. The van der Waals surface area contributed by atoms with Gasteiger partial charge in [0.25, 0.3) is 5.91 Å². The number of carbonyl (C=O) groups excluding carboxylic acids is 1. The maximum atomic E-state index is 11.8. The van der Waals surface area contributed by atoms with Crippen LogP contribution in [0.15, 0.2) is 18.2 Å². The fraction of sp³-hybridized carbons (Fsp3) is 0.417. The first kappa shape index (κ1) is 13.0. The number of alkyl halides is 1. The van der Waals surface area contributed by atoms with Crippen molar-refractivity contribution in [3.8, 4) is 5.75 Å². The van der Waals surface area contributed by atoms with E-state index in [4.69, 9.17) is 4.74 Å². The molecule has 88 valence electrons. The molecule has 0 aliphatic heterocycles. The molecule has 0 fully saturated rings. The summed E-state index contributed by atoms with van der Waals surface area (Å²) in [7, 11) is 1.57. The Labute approximate surface area is 104 Å². The fourth-order valence-corrected chi connectivity index (χ4v) is 1.64. The largest absolute Gasteiger partial charge is 0.496 e. The number of hydrogen-bond acceptors (Lipinski definition) is 2. The Balaban J connectivity index is 2.76. The number of halogens is 1. The van der Waals surface area contributed by atoms with Gasteiger partial charge < -0.3 is 10.1 Å². The van der Waals surface area contributed by atoms with Gasteiger partial charge in [-0.3, -0.25) is 4.79 Å².